The van der Waals surface area contributed by atoms with E-state index in [1.807, 2.05) is 13.0 Å². The molecule has 2 fully saturated rings. The zero-order chi connectivity index (χ0) is 31.9. The van der Waals surface area contributed by atoms with Crippen molar-refractivity contribution in [1.82, 2.24) is 29.1 Å². The van der Waals surface area contributed by atoms with Gasteiger partial charge in [0.05, 0.1) is 33.9 Å². The Kier molecular flexibility index (Phi) is 8.37. The molecule has 0 radical (unpaired) electrons. The molecule has 0 saturated carbocycles. The molecule has 15 heteroatoms. The highest BCUT2D eigenvalue weighted by atomic mass is 32.2. The largest absolute Gasteiger partial charge is 0.444 e. The van der Waals surface area contributed by atoms with E-state index in [4.69, 9.17) is 25.2 Å². The lowest BCUT2D eigenvalue weighted by Crippen LogP contribution is -2.51. The van der Waals surface area contributed by atoms with Crippen LogP contribution in [-0.2, 0) is 19.5 Å². The predicted molar refractivity (Wildman–Crippen MR) is 173 cm³/mol. The number of anilines is 2. The molecule has 2 aliphatic rings. The third-order valence-corrected chi connectivity index (χ3v) is 10.8. The second-order valence-corrected chi connectivity index (χ2v) is 14.9. The fourth-order valence-corrected chi connectivity index (χ4v) is 8.03. The number of piperazine rings is 1. The summed E-state index contributed by atoms with van der Waals surface area (Å²) in [5.41, 5.74) is 8.22. The first-order valence-corrected chi connectivity index (χ1v) is 17.0. The topological polar surface area (TPSA) is 157 Å². The average molecular weight is 653 g/mol. The van der Waals surface area contributed by atoms with Crippen LogP contribution in [-0.4, -0.2) is 102 Å². The molecule has 2 N–H and O–H groups in total. The van der Waals surface area contributed by atoms with Crippen LogP contribution in [0.15, 0.2) is 41.6 Å². The number of amides is 1. The van der Waals surface area contributed by atoms with Crippen molar-refractivity contribution in [3.8, 4) is 21.8 Å². The van der Waals surface area contributed by atoms with Gasteiger partial charge in [-0.2, -0.15) is 4.31 Å². The maximum atomic E-state index is 13.8. The SMILES string of the molecule is Cc1c(-c2cccc(S(=O)(=O)N3CCN(C(=O)OC(C)(C)C)CC3)c2)sc2c(N3CCOCC3)nc(-c3cnc(N)nc3)nc12. The van der Waals surface area contributed by atoms with Gasteiger partial charge in [-0.15, -0.1) is 11.3 Å². The summed E-state index contributed by atoms with van der Waals surface area (Å²) >= 11 is 1.54. The summed E-state index contributed by atoms with van der Waals surface area (Å²) in [4.78, 5) is 35.4. The number of rotatable bonds is 5. The van der Waals surface area contributed by atoms with Gasteiger partial charge in [0, 0.05) is 56.5 Å². The Morgan fingerprint density at radius 1 is 1.00 bits per heavy atom. The van der Waals surface area contributed by atoms with Crippen molar-refractivity contribution in [2.75, 3.05) is 63.1 Å². The summed E-state index contributed by atoms with van der Waals surface area (Å²) in [7, 11) is -3.81. The van der Waals surface area contributed by atoms with Crippen LogP contribution in [0.2, 0.25) is 0 Å². The minimum absolute atomic E-state index is 0.169. The van der Waals surface area contributed by atoms with E-state index in [0.717, 1.165) is 32.0 Å². The van der Waals surface area contributed by atoms with E-state index in [1.165, 1.54) is 4.31 Å². The van der Waals surface area contributed by atoms with Crippen molar-refractivity contribution in [2.45, 2.75) is 38.2 Å². The molecule has 0 aliphatic carbocycles. The lowest BCUT2D eigenvalue weighted by molar-refractivity contribution is 0.0192. The van der Waals surface area contributed by atoms with Gasteiger partial charge in [0.1, 0.15) is 5.60 Å². The summed E-state index contributed by atoms with van der Waals surface area (Å²) < 4.78 is 40.9. The smallest absolute Gasteiger partial charge is 0.410 e. The van der Waals surface area contributed by atoms with E-state index in [9.17, 15) is 13.2 Å². The number of fused-ring (bicyclic) bond motifs is 1. The Balaban J connectivity index is 1.33. The van der Waals surface area contributed by atoms with Gasteiger partial charge in [0.25, 0.3) is 0 Å². The van der Waals surface area contributed by atoms with Gasteiger partial charge in [0.15, 0.2) is 11.6 Å². The lowest BCUT2D eigenvalue weighted by atomic mass is 10.1. The third kappa shape index (κ3) is 6.43. The molecule has 6 rings (SSSR count). The number of hydrogen-bond donors (Lipinski definition) is 1. The molecule has 5 heterocycles. The van der Waals surface area contributed by atoms with Gasteiger partial charge in [-0.25, -0.2) is 33.1 Å². The van der Waals surface area contributed by atoms with Crippen molar-refractivity contribution in [1.29, 1.82) is 0 Å². The molecule has 2 aliphatic heterocycles. The highest BCUT2D eigenvalue weighted by molar-refractivity contribution is 7.89. The molecular weight excluding hydrogens is 617 g/mol. The number of nitrogens with two attached hydrogens (primary N) is 1. The number of aryl methyl sites for hydroxylation is 1. The molecule has 0 atom stereocenters. The minimum Gasteiger partial charge on any atom is -0.444 e. The van der Waals surface area contributed by atoms with Crippen LogP contribution in [0.1, 0.15) is 26.3 Å². The number of thiophene rings is 1. The van der Waals surface area contributed by atoms with Crippen LogP contribution in [0.3, 0.4) is 0 Å². The van der Waals surface area contributed by atoms with Crippen LogP contribution in [0.4, 0.5) is 16.6 Å². The Morgan fingerprint density at radius 3 is 2.36 bits per heavy atom. The highest BCUT2D eigenvalue weighted by Crippen LogP contribution is 2.42. The molecule has 4 aromatic rings. The van der Waals surface area contributed by atoms with E-state index >= 15 is 0 Å². The van der Waals surface area contributed by atoms with Crippen LogP contribution in [0, 0.1) is 6.92 Å². The number of sulfonamides is 1. The maximum absolute atomic E-state index is 13.8. The van der Waals surface area contributed by atoms with Gasteiger partial charge in [0.2, 0.25) is 16.0 Å². The Hall–Kier alpha value is -3.92. The number of nitrogen functional groups attached to an aromatic ring is 1. The number of morpholine rings is 1. The molecule has 0 spiro atoms. The summed E-state index contributed by atoms with van der Waals surface area (Å²) in [6, 6.07) is 6.99. The van der Waals surface area contributed by atoms with E-state index in [1.54, 1.807) is 67.6 Å². The van der Waals surface area contributed by atoms with Crippen LogP contribution in [0.5, 0.6) is 0 Å². The minimum atomic E-state index is -3.81. The number of hydrogen-bond acceptors (Lipinski definition) is 12. The average Bonchev–Trinajstić information content (AvgIpc) is 3.36. The Labute approximate surface area is 266 Å². The molecule has 1 amide bonds. The van der Waals surface area contributed by atoms with Crippen molar-refractivity contribution >= 4 is 49.4 Å². The number of carbonyl (C=O) groups excluding carboxylic acids is 1. The first-order valence-electron chi connectivity index (χ1n) is 14.7. The molecular formula is C30H36N8O5S2. The van der Waals surface area contributed by atoms with Crippen molar-refractivity contribution in [3.63, 3.8) is 0 Å². The van der Waals surface area contributed by atoms with Crippen LogP contribution >= 0.6 is 11.3 Å². The highest BCUT2D eigenvalue weighted by Gasteiger charge is 2.32. The Morgan fingerprint density at radius 2 is 1.69 bits per heavy atom. The van der Waals surface area contributed by atoms with Gasteiger partial charge < -0.3 is 25.0 Å². The van der Waals surface area contributed by atoms with Crippen LogP contribution < -0.4 is 10.6 Å². The molecule has 13 nitrogen and oxygen atoms in total. The molecule has 0 bridgehead atoms. The maximum Gasteiger partial charge on any atom is 0.410 e. The number of carbonyl (C=O) groups is 1. The van der Waals surface area contributed by atoms with Crippen molar-refractivity contribution in [2.24, 2.45) is 0 Å². The zero-order valence-corrected chi connectivity index (χ0v) is 27.3. The second-order valence-electron chi connectivity index (χ2n) is 11.9. The van der Waals surface area contributed by atoms with Gasteiger partial charge in [-0.3, -0.25) is 0 Å². The summed E-state index contributed by atoms with van der Waals surface area (Å²) in [6.07, 6.45) is 2.78. The predicted octanol–water partition coefficient (Wildman–Crippen LogP) is 3.78. The fraction of sp³-hybridized carbons (Fsp3) is 0.433. The molecule has 45 heavy (non-hydrogen) atoms. The van der Waals surface area contributed by atoms with Crippen molar-refractivity contribution < 1.29 is 22.7 Å². The zero-order valence-electron chi connectivity index (χ0n) is 25.7. The second kappa shape index (κ2) is 12.1. The number of aromatic nitrogens is 4. The molecule has 238 valence electrons. The van der Waals surface area contributed by atoms with Crippen LogP contribution in [0.25, 0.3) is 32.0 Å². The normalized spacial score (nSPS) is 16.7. The third-order valence-electron chi connectivity index (χ3n) is 7.61. The molecule has 0 unspecified atom stereocenters. The van der Waals surface area contributed by atoms with E-state index in [2.05, 4.69) is 14.9 Å². The molecule has 3 aromatic heterocycles. The summed E-state index contributed by atoms with van der Waals surface area (Å²) in [5, 5.41) is 0. The van der Waals surface area contributed by atoms with E-state index in [-0.39, 0.29) is 37.0 Å². The molecule has 2 saturated heterocycles. The summed E-state index contributed by atoms with van der Waals surface area (Å²) in [5.74, 6) is 1.45. The number of nitrogens with zero attached hydrogens (tertiary/aromatic N) is 7. The van der Waals surface area contributed by atoms with Gasteiger partial charge in [-0.1, -0.05) is 12.1 Å². The van der Waals surface area contributed by atoms with E-state index in [0.29, 0.717) is 37.7 Å². The number of benzene rings is 1. The van der Waals surface area contributed by atoms with E-state index < -0.39 is 21.7 Å². The fourth-order valence-electron chi connectivity index (χ4n) is 5.30. The quantitative estimate of drug-likeness (QED) is 0.335. The first-order chi connectivity index (χ1) is 21.4. The van der Waals surface area contributed by atoms with Gasteiger partial charge >= 0.3 is 6.09 Å². The Bertz CT molecular complexity index is 1830. The van der Waals surface area contributed by atoms with Crippen molar-refractivity contribution in [3.05, 3.63) is 42.2 Å². The summed E-state index contributed by atoms with van der Waals surface area (Å²) in [6.45, 7) is 10.8. The number of ether oxygens (including phenoxy) is 2. The lowest BCUT2D eigenvalue weighted by Gasteiger charge is -2.35. The molecule has 1 aromatic carbocycles. The standard InChI is InChI=1S/C30H36N8O5S2/c1-19-23-25(27(36-12-14-42-15-13-36)35-26(34-23)21-17-32-28(31)33-18-21)44-24(19)20-6-5-7-22(16-20)45(40,41)38-10-8-37(9-11-38)29(39)43-30(2,3)4/h5-7,16-18H,8-15H2,1-4H3,(H2,31,32,33). The van der Waals surface area contributed by atoms with Gasteiger partial charge in [-0.05, 0) is 51.0 Å². The monoisotopic (exact) mass is 652 g/mol. The first kappa shape index (κ1) is 31.1.